The molecule has 2 saturated carbocycles. The molecular formula is C18H21FO2. The van der Waals surface area contributed by atoms with E-state index in [1.54, 1.807) is 6.07 Å². The van der Waals surface area contributed by atoms with E-state index in [1.165, 1.54) is 5.56 Å². The molecule has 21 heavy (non-hydrogen) atoms. The molecule has 4 aliphatic rings. The van der Waals surface area contributed by atoms with Crippen molar-refractivity contribution in [3.63, 3.8) is 0 Å². The van der Waals surface area contributed by atoms with Crippen LogP contribution in [0.1, 0.15) is 56.1 Å². The van der Waals surface area contributed by atoms with Gasteiger partial charge in [0.15, 0.2) is 5.79 Å². The highest BCUT2D eigenvalue weighted by Crippen LogP contribution is 2.67. The lowest BCUT2D eigenvalue weighted by molar-refractivity contribution is -0.191. The minimum atomic E-state index is -0.387. The van der Waals surface area contributed by atoms with E-state index in [9.17, 15) is 4.39 Å². The summed E-state index contributed by atoms with van der Waals surface area (Å²) in [6.07, 6.45) is 7.58. The predicted molar refractivity (Wildman–Crippen MR) is 76.7 cm³/mol. The van der Waals surface area contributed by atoms with E-state index in [0.29, 0.717) is 13.2 Å². The van der Waals surface area contributed by atoms with E-state index in [0.717, 1.165) is 50.5 Å². The molecule has 1 unspecified atom stereocenters. The molecule has 0 amide bonds. The number of benzene rings is 1. The molecule has 1 aromatic carbocycles. The number of rotatable bonds is 0. The second-order valence-corrected chi connectivity index (χ2v) is 7.54. The van der Waals surface area contributed by atoms with Crippen molar-refractivity contribution in [2.45, 2.75) is 61.6 Å². The Bertz CT molecular complexity index is 601. The maximum atomic E-state index is 14.5. The molecule has 0 aromatic heterocycles. The van der Waals surface area contributed by atoms with Gasteiger partial charge in [-0.1, -0.05) is 12.1 Å². The predicted octanol–water partition coefficient (Wildman–Crippen LogP) is 3.82. The third-order valence-electron chi connectivity index (χ3n) is 6.28. The molecule has 2 nitrogen and oxygen atoms in total. The Kier molecular flexibility index (Phi) is 2.33. The molecule has 1 aromatic rings. The van der Waals surface area contributed by atoms with E-state index < -0.39 is 0 Å². The standard InChI is InChI=1S/C18H21FO2/c19-14-4-1-3-13-15(14)16(7-8-16)11-17(13)5-2-6-18(12-17)20-9-10-21-18/h1,3-4H,2,5-12H2. The van der Waals surface area contributed by atoms with E-state index in [-0.39, 0.29) is 22.4 Å². The van der Waals surface area contributed by atoms with Gasteiger partial charge in [-0.15, -0.1) is 0 Å². The molecule has 0 bridgehead atoms. The van der Waals surface area contributed by atoms with Crippen LogP contribution in [0.25, 0.3) is 0 Å². The number of halogens is 1. The smallest absolute Gasteiger partial charge is 0.169 e. The fraction of sp³-hybridized carbons (Fsp3) is 0.667. The fourth-order valence-electron chi connectivity index (χ4n) is 5.43. The van der Waals surface area contributed by atoms with Gasteiger partial charge < -0.3 is 9.47 Å². The van der Waals surface area contributed by atoms with Gasteiger partial charge in [0.25, 0.3) is 0 Å². The van der Waals surface area contributed by atoms with E-state index in [1.807, 2.05) is 6.07 Å². The first-order valence-electron chi connectivity index (χ1n) is 8.25. The summed E-state index contributed by atoms with van der Waals surface area (Å²) in [6.45, 7) is 1.41. The van der Waals surface area contributed by atoms with Crippen LogP contribution < -0.4 is 0 Å². The van der Waals surface area contributed by atoms with E-state index in [2.05, 4.69) is 6.07 Å². The lowest BCUT2D eigenvalue weighted by Gasteiger charge is -2.44. The molecule has 3 aliphatic carbocycles. The Hall–Kier alpha value is -0.930. The van der Waals surface area contributed by atoms with Crippen molar-refractivity contribution in [1.29, 1.82) is 0 Å². The topological polar surface area (TPSA) is 18.5 Å². The monoisotopic (exact) mass is 288 g/mol. The van der Waals surface area contributed by atoms with Crippen molar-refractivity contribution in [2.75, 3.05) is 13.2 Å². The number of hydrogen-bond donors (Lipinski definition) is 0. The molecule has 1 aliphatic heterocycles. The van der Waals surface area contributed by atoms with Crippen LogP contribution in [0, 0.1) is 5.82 Å². The number of hydrogen-bond acceptors (Lipinski definition) is 2. The fourth-order valence-corrected chi connectivity index (χ4v) is 5.43. The van der Waals surface area contributed by atoms with Crippen LogP contribution in [0.4, 0.5) is 4.39 Å². The van der Waals surface area contributed by atoms with E-state index in [4.69, 9.17) is 9.47 Å². The van der Waals surface area contributed by atoms with Crippen LogP contribution in [0.15, 0.2) is 18.2 Å². The second-order valence-electron chi connectivity index (χ2n) is 7.54. The molecule has 112 valence electrons. The molecule has 0 N–H and O–H groups in total. The van der Waals surface area contributed by atoms with Gasteiger partial charge in [-0.2, -0.15) is 0 Å². The lowest BCUT2D eigenvalue weighted by atomic mass is 9.67. The number of fused-ring (bicyclic) bond motifs is 3. The highest BCUT2D eigenvalue weighted by molar-refractivity contribution is 5.51. The molecule has 5 rings (SSSR count). The molecule has 3 heteroatoms. The van der Waals surface area contributed by atoms with Crippen LogP contribution in [-0.2, 0) is 20.3 Å². The van der Waals surface area contributed by atoms with Gasteiger partial charge in [0.2, 0.25) is 0 Å². The van der Waals surface area contributed by atoms with Crippen LogP contribution in [0.3, 0.4) is 0 Å². The van der Waals surface area contributed by atoms with Gasteiger partial charge >= 0.3 is 0 Å². The average Bonchev–Trinajstić information content (AvgIpc) is 3.01. The van der Waals surface area contributed by atoms with Crippen LogP contribution in [0.2, 0.25) is 0 Å². The van der Waals surface area contributed by atoms with Crippen molar-refractivity contribution in [1.82, 2.24) is 0 Å². The zero-order valence-corrected chi connectivity index (χ0v) is 12.3. The molecule has 1 heterocycles. The highest BCUT2D eigenvalue weighted by Gasteiger charge is 2.62. The summed E-state index contributed by atoms with van der Waals surface area (Å²) in [5.41, 5.74) is 2.51. The zero-order chi connectivity index (χ0) is 14.1. The van der Waals surface area contributed by atoms with Crippen LogP contribution >= 0.6 is 0 Å². The Morgan fingerprint density at radius 3 is 2.48 bits per heavy atom. The minimum Gasteiger partial charge on any atom is -0.348 e. The maximum absolute atomic E-state index is 14.5. The number of ether oxygens (including phenoxy) is 2. The summed E-state index contributed by atoms with van der Waals surface area (Å²) in [4.78, 5) is 0. The van der Waals surface area contributed by atoms with Gasteiger partial charge in [0.05, 0.1) is 13.2 Å². The molecule has 0 radical (unpaired) electrons. The summed E-state index contributed by atoms with van der Waals surface area (Å²) in [5, 5.41) is 0. The van der Waals surface area contributed by atoms with E-state index >= 15 is 0 Å². The minimum absolute atomic E-state index is 0.00903. The molecule has 3 spiro atoms. The first kappa shape index (κ1) is 12.6. The van der Waals surface area contributed by atoms with Crippen molar-refractivity contribution >= 4 is 0 Å². The lowest BCUT2D eigenvalue weighted by Crippen LogP contribution is -2.44. The van der Waals surface area contributed by atoms with Gasteiger partial charge in [-0.3, -0.25) is 0 Å². The Morgan fingerprint density at radius 1 is 0.905 bits per heavy atom. The Balaban J connectivity index is 1.63. The normalized spacial score (nSPS) is 34.7. The zero-order valence-electron chi connectivity index (χ0n) is 12.3. The molecule has 1 atom stereocenters. The summed E-state index contributed by atoms with van der Waals surface area (Å²) >= 11 is 0. The second kappa shape index (κ2) is 3.88. The summed E-state index contributed by atoms with van der Waals surface area (Å²) in [7, 11) is 0. The summed E-state index contributed by atoms with van der Waals surface area (Å²) < 4.78 is 26.4. The molecule has 3 fully saturated rings. The summed E-state index contributed by atoms with van der Waals surface area (Å²) in [5.74, 6) is -0.378. The third kappa shape index (κ3) is 1.59. The van der Waals surface area contributed by atoms with Gasteiger partial charge in [-0.25, -0.2) is 4.39 Å². The summed E-state index contributed by atoms with van der Waals surface area (Å²) in [6, 6.07) is 5.69. The first-order valence-corrected chi connectivity index (χ1v) is 8.25. The third-order valence-corrected chi connectivity index (χ3v) is 6.28. The highest BCUT2D eigenvalue weighted by atomic mass is 19.1. The first-order chi connectivity index (χ1) is 10.2. The van der Waals surface area contributed by atoms with Crippen molar-refractivity contribution in [3.05, 3.63) is 35.1 Å². The average molecular weight is 288 g/mol. The van der Waals surface area contributed by atoms with Crippen LogP contribution in [-0.4, -0.2) is 19.0 Å². The van der Waals surface area contributed by atoms with Crippen molar-refractivity contribution < 1.29 is 13.9 Å². The van der Waals surface area contributed by atoms with Gasteiger partial charge in [0.1, 0.15) is 5.82 Å². The SMILES string of the molecule is Fc1cccc2c1C1(CC1)CC21CCCC2(C1)OCCO2. The molecular weight excluding hydrogens is 267 g/mol. The van der Waals surface area contributed by atoms with Gasteiger partial charge in [-0.05, 0) is 54.7 Å². The van der Waals surface area contributed by atoms with Crippen molar-refractivity contribution in [3.8, 4) is 0 Å². The van der Waals surface area contributed by atoms with Crippen molar-refractivity contribution in [2.24, 2.45) is 0 Å². The Morgan fingerprint density at radius 2 is 1.71 bits per heavy atom. The quantitative estimate of drug-likeness (QED) is 0.722. The maximum Gasteiger partial charge on any atom is 0.169 e. The largest absolute Gasteiger partial charge is 0.348 e. The van der Waals surface area contributed by atoms with Gasteiger partial charge in [0, 0.05) is 18.3 Å². The Labute approximate surface area is 124 Å². The molecule has 1 saturated heterocycles. The van der Waals surface area contributed by atoms with Crippen LogP contribution in [0.5, 0.6) is 0 Å².